The third kappa shape index (κ3) is 2.88. The van der Waals surface area contributed by atoms with Crippen LogP contribution in [0.1, 0.15) is 52.2 Å². The van der Waals surface area contributed by atoms with Gasteiger partial charge in [-0.2, -0.15) is 5.10 Å². The molecule has 0 spiro atoms. The summed E-state index contributed by atoms with van der Waals surface area (Å²) >= 11 is 0. The lowest BCUT2D eigenvalue weighted by atomic mass is 9.87. The summed E-state index contributed by atoms with van der Waals surface area (Å²) in [5.74, 6) is 1.17. The van der Waals surface area contributed by atoms with Crippen LogP contribution in [0.5, 0.6) is 0 Å². The number of aryl methyl sites for hydroxylation is 2. The molecule has 0 aromatic carbocycles. The largest absolute Gasteiger partial charge is 0.337 e. The summed E-state index contributed by atoms with van der Waals surface area (Å²) in [4.78, 5) is 34.2. The summed E-state index contributed by atoms with van der Waals surface area (Å²) in [6.45, 7) is 5.09. The van der Waals surface area contributed by atoms with Crippen LogP contribution in [0.4, 0.5) is 0 Å². The molecule has 132 valence electrons. The van der Waals surface area contributed by atoms with Crippen molar-refractivity contribution in [1.82, 2.24) is 25.1 Å². The highest BCUT2D eigenvalue weighted by Gasteiger charge is 2.29. The van der Waals surface area contributed by atoms with E-state index in [-0.39, 0.29) is 11.5 Å². The van der Waals surface area contributed by atoms with Crippen LogP contribution in [0, 0.1) is 12.8 Å². The van der Waals surface area contributed by atoms with Gasteiger partial charge in [-0.05, 0) is 38.5 Å². The molecule has 1 atom stereocenters. The van der Waals surface area contributed by atoms with E-state index in [0.29, 0.717) is 48.9 Å². The van der Waals surface area contributed by atoms with Crippen molar-refractivity contribution < 1.29 is 4.79 Å². The molecule has 7 heteroatoms. The van der Waals surface area contributed by atoms with Crippen LogP contribution in [0.2, 0.25) is 0 Å². The molecule has 0 saturated heterocycles. The first kappa shape index (κ1) is 16.1. The van der Waals surface area contributed by atoms with E-state index in [0.717, 1.165) is 36.2 Å². The molecule has 2 N–H and O–H groups in total. The van der Waals surface area contributed by atoms with E-state index in [1.54, 1.807) is 6.92 Å². The minimum atomic E-state index is -0.0808. The van der Waals surface area contributed by atoms with Crippen molar-refractivity contribution in [3.8, 4) is 0 Å². The van der Waals surface area contributed by atoms with Crippen LogP contribution in [0.15, 0.2) is 4.79 Å². The first-order chi connectivity index (χ1) is 12.0. The Hall–Kier alpha value is -2.44. The molecule has 0 fully saturated rings. The third-order valence-corrected chi connectivity index (χ3v) is 5.35. The standard InChI is InChI=1S/C18H23N5O2/c1-10-3-4-15-13(9-10)16(22-21-15)18(25)23-7-5-12-14(6-8-23)19-11(2)20-17(12)24/h10H,3-9H2,1-2H3,(H,21,22)(H,19,20,24)/t10-/m0/s1. The molecule has 1 amide bonds. The lowest BCUT2D eigenvalue weighted by Gasteiger charge is -2.22. The van der Waals surface area contributed by atoms with Gasteiger partial charge in [0.05, 0.1) is 5.69 Å². The van der Waals surface area contributed by atoms with Gasteiger partial charge in [0.15, 0.2) is 5.69 Å². The maximum atomic E-state index is 13.0. The quantitative estimate of drug-likeness (QED) is 0.814. The molecule has 3 heterocycles. The highest BCUT2D eigenvalue weighted by atomic mass is 16.2. The Morgan fingerprint density at radius 2 is 2.00 bits per heavy atom. The van der Waals surface area contributed by atoms with Gasteiger partial charge in [-0.15, -0.1) is 0 Å². The van der Waals surface area contributed by atoms with Gasteiger partial charge in [0.2, 0.25) is 0 Å². The molecule has 0 saturated carbocycles. The number of nitrogens with one attached hydrogen (secondary N) is 2. The monoisotopic (exact) mass is 341 g/mol. The van der Waals surface area contributed by atoms with Crippen LogP contribution in [0.25, 0.3) is 0 Å². The third-order valence-electron chi connectivity index (χ3n) is 5.35. The van der Waals surface area contributed by atoms with Gasteiger partial charge in [0, 0.05) is 36.3 Å². The molecule has 2 aliphatic rings. The maximum Gasteiger partial charge on any atom is 0.274 e. The predicted molar refractivity (Wildman–Crippen MR) is 92.7 cm³/mol. The van der Waals surface area contributed by atoms with Crippen molar-refractivity contribution in [3.05, 3.63) is 44.4 Å². The summed E-state index contributed by atoms with van der Waals surface area (Å²) in [6, 6.07) is 0. The zero-order chi connectivity index (χ0) is 17.6. The Morgan fingerprint density at radius 3 is 2.84 bits per heavy atom. The maximum absolute atomic E-state index is 13.0. The predicted octanol–water partition coefficient (Wildman–Crippen LogP) is 1.17. The van der Waals surface area contributed by atoms with Crippen molar-refractivity contribution >= 4 is 5.91 Å². The number of aromatic amines is 2. The van der Waals surface area contributed by atoms with Gasteiger partial charge in [0.1, 0.15) is 5.82 Å². The Balaban J connectivity index is 1.58. The van der Waals surface area contributed by atoms with Crippen LogP contribution in [-0.2, 0) is 25.7 Å². The van der Waals surface area contributed by atoms with E-state index in [1.807, 2.05) is 4.90 Å². The van der Waals surface area contributed by atoms with Crippen LogP contribution in [-0.4, -0.2) is 44.1 Å². The molecule has 0 unspecified atom stereocenters. The highest BCUT2D eigenvalue weighted by molar-refractivity contribution is 5.94. The van der Waals surface area contributed by atoms with Gasteiger partial charge in [0.25, 0.3) is 11.5 Å². The molecule has 0 bridgehead atoms. The zero-order valence-electron chi connectivity index (χ0n) is 14.7. The summed E-state index contributed by atoms with van der Waals surface area (Å²) in [5, 5.41) is 7.37. The summed E-state index contributed by atoms with van der Waals surface area (Å²) in [5.41, 5.74) is 4.19. The average molecular weight is 341 g/mol. The smallest absolute Gasteiger partial charge is 0.274 e. The summed E-state index contributed by atoms with van der Waals surface area (Å²) in [7, 11) is 0. The second-order valence-electron chi connectivity index (χ2n) is 7.25. The van der Waals surface area contributed by atoms with Gasteiger partial charge in [-0.1, -0.05) is 6.92 Å². The van der Waals surface area contributed by atoms with Crippen molar-refractivity contribution in [3.63, 3.8) is 0 Å². The summed E-state index contributed by atoms with van der Waals surface area (Å²) in [6.07, 6.45) is 4.14. The Labute approximate surface area is 145 Å². The van der Waals surface area contributed by atoms with E-state index < -0.39 is 0 Å². The van der Waals surface area contributed by atoms with E-state index in [9.17, 15) is 9.59 Å². The van der Waals surface area contributed by atoms with E-state index in [1.165, 1.54) is 0 Å². The van der Waals surface area contributed by atoms with Gasteiger partial charge < -0.3 is 9.88 Å². The van der Waals surface area contributed by atoms with Crippen LogP contribution >= 0.6 is 0 Å². The molecule has 2 aromatic heterocycles. The fourth-order valence-corrected chi connectivity index (χ4v) is 3.93. The molecule has 7 nitrogen and oxygen atoms in total. The van der Waals surface area contributed by atoms with Gasteiger partial charge in [-0.25, -0.2) is 4.98 Å². The Kier molecular flexibility index (Phi) is 3.94. The first-order valence-corrected chi connectivity index (χ1v) is 8.97. The molecule has 4 rings (SSSR count). The minimum absolute atomic E-state index is 0.0347. The number of nitrogens with zero attached hydrogens (tertiary/aromatic N) is 3. The molecule has 2 aromatic rings. The number of hydrogen-bond donors (Lipinski definition) is 2. The van der Waals surface area contributed by atoms with Crippen LogP contribution in [0.3, 0.4) is 0 Å². The SMILES string of the molecule is Cc1nc2c(c(=O)[nH]1)CCN(C(=O)c1n[nH]c3c1C[C@@H](C)CC3)CC2. The Bertz CT molecular complexity index is 882. The number of carbonyl (C=O) groups excluding carboxylic acids is 1. The molecular formula is C18H23N5O2. The van der Waals surface area contributed by atoms with Gasteiger partial charge in [-0.3, -0.25) is 14.7 Å². The van der Waals surface area contributed by atoms with E-state index in [4.69, 9.17) is 0 Å². The molecule has 1 aliphatic heterocycles. The topological polar surface area (TPSA) is 94.7 Å². The van der Waals surface area contributed by atoms with Crippen molar-refractivity contribution in [1.29, 1.82) is 0 Å². The fraction of sp³-hybridized carbons (Fsp3) is 0.556. The molecule has 1 aliphatic carbocycles. The normalized spacial score (nSPS) is 19.9. The van der Waals surface area contributed by atoms with Gasteiger partial charge >= 0.3 is 0 Å². The lowest BCUT2D eigenvalue weighted by molar-refractivity contribution is 0.0755. The number of fused-ring (bicyclic) bond motifs is 2. The number of carbonyl (C=O) groups is 1. The number of H-pyrrole nitrogens is 2. The molecular weight excluding hydrogens is 318 g/mol. The second kappa shape index (κ2) is 6.13. The Morgan fingerprint density at radius 1 is 1.20 bits per heavy atom. The van der Waals surface area contributed by atoms with E-state index >= 15 is 0 Å². The van der Waals surface area contributed by atoms with Crippen LogP contribution < -0.4 is 5.56 Å². The second-order valence-corrected chi connectivity index (χ2v) is 7.25. The van der Waals surface area contributed by atoms with Crippen molar-refractivity contribution in [2.75, 3.05) is 13.1 Å². The number of hydrogen-bond acceptors (Lipinski definition) is 4. The first-order valence-electron chi connectivity index (χ1n) is 8.97. The fourth-order valence-electron chi connectivity index (χ4n) is 3.93. The minimum Gasteiger partial charge on any atom is -0.337 e. The van der Waals surface area contributed by atoms with Crippen molar-refractivity contribution in [2.45, 2.75) is 46.0 Å². The number of aromatic nitrogens is 4. The number of amides is 1. The molecule has 0 radical (unpaired) electrons. The summed E-state index contributed by atoms with van der Waals surface area (Å²) < 4.78 is 0. The highest BCUT2D eigenvalue weighted by Crippen LogP contribution is 2.27. The average Bonchev–Trinajstić information content (AvgIpc) is 2.86. The van der Waals surface area contributed by atoms with E-state index in [2.05, 4.69) is 27.1 Å². The van der Waals surface area contributed by atoms with Crippen molar-refractivity contribution in [2.24, 2.45) is 5.92 Å². The number of rotatable bonds is 1. The lowest BCUT2D eigenvalue weighted by Crippen LogP contribution is -2.34. The molecule has 25 heavy (non-hydrogen) atoms. The zero-order valence-corrected chi connectivity index (χ0v) is 14.7.